The minimum Gasteiger partial charge on any atom is -0.378 e. The fraction of sp³-hybridized carbons (Fsp3) is 0.0909. The second-order valence-electron chi connectivity index (χ2n) is 3.74. The zero-order valence-corrected chi connectivity index (χ0v) is 10.4. The SMILES string of the molecule is CNc1nc(N)c([N+](=O)[O-])c(Nc2ccccc2F)n1. The Bertz CT molecular complexity index is 663. The van der Waals surface area contributed by atoms with E-state index in [0.717, 1.165) is 0 Å². The number of nitrogen functional groups attached to an aromatic ring is 1. The van der Waals surface area contributed by atoms with Crippen LogP contribution in [0, 0.1) is 15.9 Å². The maximum Gasteiger partial charge on any atom is 0.353 e. The summed E-state index contributed by atoms with van der Waals surface area (Å²) in [6, 6.07) is 5.73. The van der Waals surface area contributed by atoms with E-state index in [1.807, 2.05) is 0 Å². The van der Waals surface area contributed by atoms with Gasteiger partial charge >= 0.3 is 5.69 Å². The Labute approximate surface area is 113 Å². The first-order chi connectivity index (χ1) is 9.52. The summed E-state index contributed by atoms with van der Waals surface area (Å²) in [6.45, 7) is 0. The van der Waals surface area contributed by atoms with Crippen LogP contribution in [0.3, 0.4) is 0 Å². The van der Waals surface area contributed by atoms with Crippen molar-refractivity contribution in [3.05, 3.63) is 40.2 Å². The van der Waals surface area contributed by atoms with Gasteiger partial charge in [-0.15, -0.1) is 0 Å². The Morgan fingerprint density at radius 2 is 2.05 bits per heavy atom. The normalized spacial score (nSPS) is 10.1. The first-order valence-electron chi connectivity index (χ1n) is 5.54. The summed E-state index contributed by atoms with van der Waals surface area (Å²) in [5, 5.41) is 16.2. The Morgan fingerprint density at radius 3 is 2.65 bits per heavy atom. The molecule has 4 N–H and O–H groups in total. The Hall–Kier alpha value is -2.97. The molecule has 0 saturated carbocycles. The topological polar surface area (TPSA) is 119 Å². The number of rotatable bonds is 4. The van der Waals surface area contributed by atoms with Crippen molar-refractivity contribution in [2.24, 2.45) is 0 Å². The average Bonchev–Trinajstić information content (AvgIpc) is 2.40. The lowest BCUT2D eigenvalue weighted by atomic mass is 10.3. The van der Waals surface area contributed by atoms with Crippen LogP contribution in [0.25, 0.3) is 0 Å². The highest BCUT2D eigenvalue weighted by Crippen LogP contribution is 2.31. The molecule has 1 heterocycles. The van der Waals surface area contributed by atoms with E-state index in [-0.39, 0.29) is 23.3 Å². The van der Waals surface area contributed by atoms with Crippen molar-refractivity contribution < 1.29 is 9.31 Å². The van der Waals surface area contributed by atoms with Crippen molar-refractivity contribution >= 4 is 29.0 Å². The average molecular weight is 278 g/mol. The molecule has 2 rings (SSSR count). The Kier molecular flexibility index (Phi) is 3.60. The molecule has 0 atom stereocenters. The second kappa shape index (κ2) is 5.34. The lowest BCUT2D eigenvalue weighted by Gasteiger charge is -2.09. The number of halogens is 1. The van der Waals surface area contributed by atoms with E-state index in [9.17, 15) is 14.5 Å². The van der Waals surface area contributed by atoms with Crippen LogP contribution in [-0.4, -0.2) is 21.9 Å². The van der Waals surface area contributed by atoms with E-state index < -0.39 is 16.4 Å². The van der Waals surface area contributed by atoms with Gasteiger partial charge in [-0.05, 0) is 12.1 Å². The van der Waals surface area contributed by atoms with Gasteiger partial charge < -0.3 is 16.4 Å². The van der Waals surface area contributed by atoms with Crippen LogP contribution in [0.5, 0.6) is 0 Å². The monoisotopic (exact) mass is 278 g/mol. The molecule has 8 nitrogen and oxygen atoms in total. The van der Waals surface area contributed by atoms with Crippen molar-refractivity contribution in [1.82, 2.24) is 9.97 Å². The molecule has 0 bridgehead atoms. The maximum atomic E-state index is 13.6. The predicted molar refractivity (Wildman–Crippen MR) is 72.3 cm³/mol. The minimum atomic E-state index is -0.724. The molecule has 0 fully saturated rings. The van der Waals surface area contributed by atoms with E-state index in [4.69, 9.17) is 5.73 Å². The molecule has 0 aliphatic rings. The number of nitrogens with two attached hydrogens (primary N) is 1. The highest BCUT2D eigenvalue weighted by Gasteiger charge is 2.23. The van der Waals surface area contributed by atoms with Crippen LogP contribution in [-0.2, 0) is 0 Å². The van der Waals surface area contributed by atoms with E-state index in [1.54, 1.807) is 6.07 Å². The lowest BCUT2D eigenvalue weighted by Crippen LogP contribution is -2.09. The third-order valence-corrected chi connectivity index (χ3v) is 2.44. The highest BCUT2D eigenvalue weighted by atomic mass is 19.1. The molecule has 0 aliphatic heterocycles. The van der Waals surface area contributed by atoms with Crippen LogP contribution in [0.1, 0.15) is 0 Å². The van der Waals surface area contributed by atoms with Crippen molar-refractivity contribution in [3.63, 3.8) is 0 Å². The molecule has 1 aromatic heterocycles. The predicted octanol–water partition coefficient (Wildman–Crippen LogP) is 1.89. The van der Waals surface area contributed by atoms with Crippen LogP contribution in [0.15, 0.2) is 24.3 Å². The minimum absolute atomic E-state index is 0.0516. The molecule has 0 spiro atoms. The molecular formula is C11H11FN6O2. The number of anilines is 4. The van der Waals surface area contributed by atoms with E-state index in [1.165, 1.54) is 25.2 Å². The van der Waals surface area contributed by atoms with E-state index in [0.29, 0.717) is 0 Å². The molecule has 2 aromatic rings. The molecule has 20 heavy (non-hydrogen) atoms. The smallest absolute Gasteiger partial charge is 0.353 e. The number of hydrogen-bond donors (Lipinski definition) is 3. The van der Waals surface area contributed by atoms with Gasteiger partial charge in [-0.1, -0.05) is 12.1 Å². The molecule has 0 saturated heterocycles. The van der Waals surface area contributed by atoms with Crippen molar-refractivity contribution in [1.29, 1.82) is 0 Å². The van der Waals surface area contributed by atoms with Gasteiger partial charge in [0.05, 0.1) is 10.6 Å². The molecule has 0 radical (unpaired) electrons. The zero-order chi connectivity index (χ0) is 14.7. The van der Waals surface area contributed by atoms with Crippen LogP contribution >= 0.6 is 0 Å². The summed E-state index contributed by atoms with van der Waals surface area (Å²) in [4.78, 5) is 17.9. The first kappa shape index (κ1) is 13.5. The number of nitrogens with one attached hydrogen (secondary N) is 2. The van der Waals surface area contributed by atoms with Gasteiger partial charge in [-0.3, -0.25) is 10.1 Å². The van der Waals surface area contributed by atoms with Gasteiger partial charge in [-0.25, -0.2) is 4.39 Å². The van der Waals surface area contributed by atoms with E-state index in [2.05, 4.69) is 20.6 Å². The molecular weight excluding hydrogens is 267 g/mol. The highest BCUT2D eigenvalue weighted by molar-refractivity contribution is 5.74. The summed E-state index contributed by atoms with van der Waals surface area (Å²) in [5.74, 6) is -0.970. The number of benzene rings is 1. The summed E-state index contributed by atoms with van der Waals surface area (Å²) in [6.07, 6.45) is 0. The van der Waals surface area contributed by atoms with E-state index >= 15 is 0 Å². The lowest BCUT2D eigenvalue weighted by molar-refractivity contribution is -0.383. The van der Waals surface area contributed by atoms with Crippen LogP contribution < -0.4 is 16.4 Å². The van der Waals surface area contributed by atoms with Gasteiger partial charge in [0.25, 0.3) is 0 Å². The number of nitrogens with zero attached hydrogens (tertiary/aromatic N) is 3. The van der Waals surface area contributed by atoms with Gasteiger partial charge in [0.1, 0.15) is 5.82 Å². The van der Waals surface area contributed by atoms with Gasteiger partial charge in [0, 0.05) is 7.05 Å². The molecule has 0 aliphatic carbocycles. The standard InChI is InChI=1S/C11H11FN6O2/c1-14-11-16-9(13)8(18(19)20)10(17-11)15-7-5-3-2-4-6(7)12/h2-5H,1H3,(H4,13,14,15,16,17). The third kappa shape index (κ3) is 2.55. The molecule has 9 heteroatoms. The number of hydrogen-bond acceptors (Lipinski definition) is 7. The third-order valence-electron chi connectivity index (χ3n) is 2.44. The summed E-state index contributed by atoms with van der Waals surface area (Å²) < 4.78 is 13.6. The van der Waals surface area contributed by atoms with Crippen molar-refractivity contribution in [3.8, 4) is 0 Å². The van der Waals surface area contributed by atoms with Gasteiger partial charge in [-0.2, -0.15) is 9.97 Å². The Balaban J connectivity index is 2.52. The first-order valence-corrected chi connectivity index (χ1v) is 5.54. The summed E-state index contributed by atoms with van der Waals surface area (Å²) in [7, 11) is 1.54. The van der Waals surface area contributed by atoms with Gasteiger partial charge in [0.2, 0.25) is 17.6 Å². The quantitative estimate of drug-likeness (QED) is 0.577. The largest absolute Gasteiger partial charge is 0.378 e. The fourth-order valence-corrected chi connectivity index (χ4v) is 1.54. The Morgan fingerprint density at radius 1 is 1.35 bits per heavy atom. The molecule has 0 amide bonds. The summed E-state index contributed by atoms with van der Waals surface area (Å²) >= 11 is 0. The van der Waals surface area contributed by atoms with Crippen LogP contribution in [0.4, 0.5) is 33.3 Å². The number of nitro groups is 1. The summed E-state index contributed by atoms with van der Waals surface area (Å²) in [5.41, 5.74) is 5.07. The molecule has 1 aromatic carbocycles. The second-order valence-corrected chi connectivity index (χ2v) is 3.74. The molecule has 104 valence electrons. The van der Waals surface area contributed by atoms with Crippen molar-refractivity contribution in [2.75, 3.05) is 23.4 Å². The maximum absolute atomic E-state index is 13.6. The number of aromatic nitrogens is 2. The zero-order valence-electron chi connectivity index (χ0n) is 10.4. The molecule has 0 unspecified atom stereocenters. The fourth-order valence-electron chi connectivity index (χ4n) is 1.54. The van der Waals surface area contributed by atoms with Crippen molar-refractivity contribution in [2.45, 2.75) is 0 Å². The van der Waals surface area contributed by atoms with Gasteiger partial charge in [0.15, 0.2) is 0 Å². The number of para-hydroxylation sites is 1. The van der Waals surface area contributed by atoms with Crippen LogP contribution in [0.2, 0.25) is 0 Å².